The van der Waals surface area contributed by atoms with Gasteiger partial charge in [0, 0.05) is 17.0 Å². The third kappa shape index (κ3) is 4.54. The zero-order chi connectivity index (χ0) is 20.3. The van der Waals surface area contributed by atoms with Crippen LogP contribution in [0.3, 0.4) is 0 Å². The van der Waals surface area contributed by atoms with Crippen molar-refractivity contribution in [2.45, 2.75) is 13.3 Å². The number of H-pyrrole nitrogens is 1. The number of nitrogens with two attached hydrogens (primary N) is 1. The number of urea groups is 1. The first-order chi connectivity index (χ1) is 13.3. The van der Waals surface area contributed by atoms with Gasteiger partial charge in [-0.05, 0) is 31.2 Å². The lowest BCUT2D eigenvalue weighted by Crippen LogP contribution is -2.22. The number of nitrogens with one attached hydrogen (secondary N) is 3. The minimum Gasteiger partial charge on any atom is -0.477 e. The monoisotopic (exact) mass is 399 g/mol. The topological polar surface area (TPSA) is 150 Å². The third-order valence-electron chi connectivity index (χ3n) is 3.75. The van der Waals surface area contributed by atoms with E-state index in [0.29, 0.717) is 11.5 Å². The molecule has 0 saturated carbocycles. The van der Waals surface area contributed by atoms with E-state index in [1.807, 2.05) is 19.1 Å². The van der Waals surface area contributed by atoms with Gasteiger partial charge in [-0.2, -0.15) is 0 Å². The lowest BCUT2D eigenvalue weighted by molar-refractivity contribution is 0.0702. The number of rotatable bonds is 6. The summed E-state index contributed by atoms with van der Waals surface area (Å²) in [5, 5.41) is 14.2. The second-order valence-electron chi connectivity index (χ2n) is 5.96. The van der Waals surface area contributed by atoms with Gasteiger partial charge in [-0.25, -0.2) is 14.6 Å². The van der Waals surface area contributed by atoms with Gasteiger partial charge in [-0.3, -0.25) is 10.1 Å². The molecular formula is C18H17N5O4S. The van der Waals surface area contributed by atoms with Gasteiger partial charge >= 0.3 is 12.0 Å². The quantitative estimate of drug-likeness (QED) is 0.432. The summed E-state index contributed by atoms with van der Waals surface area (Å²) in [6.45, 7) is 1.93. The van der Waals surface area contributed by atoms with Crippen molar-refractivity contribution >= 4 is 40.7 Å². The van der Waals surface area contributed by atoms with Crippen LogP contribution in [-0.4, -0.2) is 33.0 Å². The Labute approximate surface area is 163 Å². The molecule has 1 aromatic carbocycles. The van der Waals surface area contributed by atoms with Crippen LogP contribution >= 0.6 is 11.3 Å². The maximum absolute atomic E-state index is 12.2. The highest BCUT2D eigenvalue weighted by atomic mass is 32.1. The molecule has 0 unspecified atom stereocenters. The van der Waals surface area contributed by atoms with Crippen LogP contribution < -0.4 is 16.4 Å². The first kappa shape index (κ1) is 19.1. The SMILES string of the molecule is Cc1ccc(NC(=O)Nc2[nH]c(Cc3ccc(C(=O)O)s3)nc2C(N)=O)cc1. The van der Waals surface area contributed by atoms with Crippen molar-refractivity contribution in [3.8, 4) is 0 Å². The number of carboxylic acids is 1. The van der Waals surface area contributed by atoms with E-state index in [1.165, 1.54) is 6.07 Å². The molecule has 9 nitrogen and oxygen atoms in total. The molecule has 28 heavy (non-hydrogen) atoms. The van der Waals surface area contributed by atoms with Crippen LogP contribution in [0.2, 0.25) is 0 Å². The Morgan fingerprint density at radius 1 is 1.14 bits per heavy atom. The number of hydrogen-bond donors (Lipinski definition) is 5. The molecule has 0 saturated heterocycles. The highest BCUT2D eigenvalue weighted by Gasteiger charge is 2.18. The van der Waals surface area contributed by atoms with Crippen LogP contribution in [0.5, 0.6) is 0 Å². The Morgan fingerprint density at radius 3 is 2.46 bits per heavy atom. The van der Waals surface area contributed by atoms with E-state index in [4.69, 9.17) is 10.8 Å². The average Bonchev–Trinajstić information content (AvgIpc) is 3.24. The van der Waals surface area contributed by atoms with Crippen molar-refractivity contribution in [3.63, 3.8) is 0 Å². The van der Waals surface area contributed by atoms with Gasteiger partial charge in [0.05, 0.1) is 0 Å². The molecule has 2 heterocycles. The second-order valence-corrected chi connectivity index (χ2v) is 7.13. The first-order valence-electron chi connectivity index (χ1n) is 8.17. The summed E-state index contributed by atoms with van der Waals surface area (Å²) < 4.78 is 0. The molecular weight excluding hydrogens is 382 g/mol. The Kier molecular flexibility index (Phi) is 5.41. The van der Waals surface area contributed by atoms with Crippen molar-refractivity contribution in [2.24, 2.45) is 5.73 Å². The average molecular weight is 399 g/mol. The van der Waals surface area contributed by atoms with Gasteiger partial charge in [0.25, 0.3) is 5.91 Å². The number of thiophene rings is 1. The lowest BCUT2D eigenvalue weighted by atomic mass is 10.2. The lowest BCUT2D eigenvalue weighted by Gasteiger charge is -2.07. The number of nitrogens with zero attached hydrogens (tertiary/aromatic N) is 1. The number of imidazole rings is 1. The van der Waals surface area contributed by atoms with E-state index in [-0.39, 0.29) is 22.8 Å². The van der Waals surface area contributed by atoms with Crippen LogP contribution in [0.25, 0.3) is 0 Å². The molecule has 3 aromatic rings. The second kappa shape index (κ2) is 7.92. The predicted octanol–water partition coefficient (Wildman–Crippen LogP) is 2.81. The Morgan fingerprint density at radius 2 is 1.86 bits per heavy atom. The van der Waals surface area contributed by atoms with Gasteiger partial charge in [0.15, 0.2) is 5.69 Å². The summed E-state index contributed by atoms with van der Waals surface area (Å²) in [5.41, 5.74) is 6.88. The molecule has 0 spiro atoms. The molecule has 144 valence electrons. The molecule has 0 aliphatic heterocycles. The first-order valence-corrected chi connectivity index (χ1v) is 8.99. The largest absolute Gasteiger partial charge is 0.477 e. The Hall–Kier alpha value is -3.66. The number of anilines is 2. The molecule has 0 aliphatic carbocycles. The summed E-state index contributed by atoms with van der Waals surface area (Å²) in [5.74, 6) is -1.37. The van der Waals surface area contributed by atoms with E-state index in [0.717, 1.165) is 21.8 Å². The van der Waals surface area contributed by atoms with Crippen LogP contribution in [0.1, 0.15) is 36.4 Å². The van der Waals surface area contributed by atoms with E-state index >= 15 is 0 Å². The Balaban J connectivity index is 1.74. The standard InChI is InChI=1S/C18H17N5O4S/c1-9-2-4-10(5-3-9)20-18(27)23-16-14(15(19)24)21-13(22-16)8-11-6-7-12(28-11)17(25)26/h2-7H,8H2,1H3,(H2,19,24)(H,21,22)(H,25,26)(H2,20,23,27). The number of aromatic amines is 1. The smallest absolute Gasteiger partial charge is 0.345 e. The number of aromatic nitrogens is 2. The van der Waals surface area contributed by atoms with Crippen LogP contribution in [0.15, 0.2) is 36.4 Å². The van der Waals surface area contributed by atoms with Crippen molar-refractivity contribution in [1.29, 1.82) is 0 Å². The molecule has 0 bridgehead atoms. The summed E-state index contributed by atoms with van der Waals surface area (Å²) >= 11 is 1.10. The summed E-state index contributed by atoms with van der Waals surface area (Å²) in [4.78, 5) is 42.7. The fourth-order valence-electron chi connectivity index (χ4n) is 2.44. The number of amides is 3. The molecule has 0 atom stereocenters. The molecule has 10 heteroatoms. The predicted molar refractivity (Wildman–Crippen MR) is 105 cm³/mol. The minimum absolute atomic E-state index is 0.0714. The summed E-state index contributed by atoms with van der Waals surface area (Å²) in [6.07, 6.45) is 0.263. The van der Waals surface area contributed by atoms with Crippen LogP contribution in [0.4, 0.5) is 16.3 Å². The molecule has 0 aliphatic rings. The van der Waals surface area contributed by atoms with Gasteiger partial charge in [0.1, 0.15) is 16.5 Å². The minimum atomic E-state index is -1.01. The maximum atomic E-state index is 12.2. The molecule has 2 aromatic heterocycles. The fraction of sp³-hybridized carbons (Fsp3) is 0.111. The number of aryl methyl sites for hydroxylation is 1. The molecule has 6 N–H and O–H groups in total. The number of primary amides is 1. The van der Waals surface area contributed by atoms with Gasteiger partial charge < -0.3 is 21.1 Å². The number of benzene rings is 1. The number of carboxylic acid groups (broad SMARTS) is 1. The summed E-state index contributed by atoms with van der Waals surface area (Å²) in [7, 11) is 0. The van der Waals surface area contributed by atoms with Crippen molar-refractivity contribution < 1.29 is 19.5 Å². The van der Waals surface area contributed by atoms with Gasteiger partial charge in [0.2, 0.25) is 0 Å². The van der Waals surface area contributed by atoms with E-state index in [1.54, 1.807) is 18.2 Å². The molecule has 0 radical (unpaired) electrons. The van der Waals surface area contributed by atoms with Gasteiger partial charge in [-0.1, -0.05) is 17.7 Å². The molecule has 3 rings (SSSR count). The third-order valence-corrected chi connectivity index (χ3v) is 4.82. The van der Waals surface area contributed by atoms with E-state index < -0.39 is 17.9 Å². The number of carbonyl (C=O) groups excluding carboxylic acids is 2. The number of carbonyl (C=O) groups is 3. The summed E-state index contributed by atoms with van der Waals surface area (Å²) in [6, 6.07) is 9.80. The molecule has 3 amide bonds. The highest BCUT2D eigenvalue weighted by Crippen LogP contribution is 2.21. The van der Waals surface area contributed by atoms with Crippen LogP contribution in [0, 0.1) is 6.92 Å². The van der Waals surface area contributed by atoms with Crippen LogP contribution in [-0.2, 0) is 6.42 Å². The van der Waals surface area contributed by atoms with Gasteiger partial charge in [-0.15, -0.1) is 11.3 Å². The van der Waals surface area contributed by atoms with Crippen molar-refractivity contribution in [1.82, 2.24) is 9.97 Å². The zero-order valence-electron chi connectivity index (χ0n) is 14.8. The van der Waals surface area contributed by atoms with Crippen molar-refractivity contribution in [3.05, 3.63) is 63.2 Å². The fourth-order valence-corrected chi connectivity index (χ4v) is 3.29. The van der Waals surface area contributed by atoms with Crippen molar-refractivity contribution in [2.75, 3.05) is 10.6 Å². The maximum Gasteiger partial charge on any atom is 0.345 e. The number of aromatic carboxylic acids is 1. The van der Waals surface area contributed by atoms with E-state index in [9.17, 15) is 14.4 Å². The highest BCUT2D eigenvalue weighted by molar-refractivity contribution is 7.13. The number of hydrogen-bond acceptors (Lipinski definition) is 5. The Bertz CT molecular complexity index is 1040. The van der Waals surface area contributed by atoms with E-state index in [2.05, 4.69) is 20.6 Å². The zero-order valence-corrected chi connectivity index (χ0v) is 15.6. The molecule has 0 fully saturated rings. The normalized spacial score (nSPS) is 10.5.